The van der Waals surface area contributed by atoms with E-state index in [9.17, 15) is 0 Å². The first kappa shape index (κ1) is 12.3. The molecule has 1 N–H and O–H groups in total. The summed E-state index contributed by atoms with van der Waals surface area (Å²) < 4.78 is 0. The van der Waals surface area contributed by atoms with E-state index in [0.29, 0.717) is 0 Å². The zero-order chi connectivity index (χ0) is 12.3. The number of imidazole rings is 1. The predicted molar refractivity (Wildman–Crippen MR) is 71.9 cm³/mol. The quantitative estimate of drug-likeness (QED) is 0.902. The minimum absolute atomic E-state index is 0.134. The smallest absolute Gasteiger partial charge is 0.120 e. The molecular formula is C13H19N3S. The van der Waals surface area contributed by atoms with Gasteiger partial charge < -0.3 is 4.98 Å². The molecule has 4 heteroatoms. The number of hydrogen-bond donors (Lipinski definition) is 1. The number of aromatic amines is 1. The van der Waals surface area contributed by atoms with Crippen molar-refractivity contribution in [2.24, 2.45) is 0 Å². The summed E-state index contributed by atoms with van der Waals surface area (Å²) in [6.07, 6.45) is 3.68. The minimum Gasteiger partial charge on any atom is -0.348 e. The molecule has 0 amide bonds. The largest absolute Gasteiger partial charge is 0.348 e. The predicted octanol–water partition coefficient (Wildman–Crippen LogP) is 3.27. The van der Waals surface area contributed by atoms with E-state index in [2.05, 4.69) is 52.5 Å². The Morgan fingerprint density at radius 3 is 2.71 bits per heavy atom. The molecule has 2 aromatic heterocycles. The van der Waals surface area contributed by atoms with Gasteiger partial charge in [0, 0.05) is 24.5 Å². The Kier molecular flexibility index (Phi) is 3.64. The summed E-state index contributed by atoms with van der Waals surface area (Å²) in [5.41, 5.74) is 1.51. The van der Waals surface area contributed by atoms with Gasteiger partial charge in [0.25, 0.3) is 0 Å². The van der Waals surface area contributed by atoms with Crippen LogP contribution >= 0.6 is 11.3 Å². The van der Waals surface area contributed by atoms with Gasteiger partial charge in [0.05, 0.1) is 6.54 Å². The second-order valence-corrected chi connectivity index (χ2v) is 5.97. The van der Waals surface area contributed by atoms with Crippen LogP contribution in [-0.2, 0) is 13.1 Å². The molecule has 0 radical (unpaired) electrons. The van der Waals surface area contributed by atoms with Crippen LogP contribution in [0.25, 0.3) is 0 Å². The van der Waals surface area contributed by atoms with Gasteiger partial charge >= 0.3 is 0 Å². The van der Waals surface area contributed by atoms with Crippen molar-refractivity contribution in [2.45, 2.75) is 39.4 Å². The van der Waals surface area contributed by atoms with Gasteiger partial charge in [-0.05, 0) is 43.2 Å². The van der Waals surface area contributed by atoms with Gasteiger partial charge in [0.1, 0.15) is 5.82 Å². The fourth-order valence-electron chi connectivity index (χ4n) is 1.70. The average molecular weight is 249 g/mol. The van der Waals surface area contributed by atoms with E-state index in [4.69, 9.17) is 0 Å². The van der Waals surface area contributed by atoms with Crippen molar-refractivity contribution in [3.05, 3.63) is 40.6 Å². The molecule has 2 heterocycles. The highest BCUT2D eigenvalue weighted by Gasteiger charge is 2.22. The van der Waals surface area contributed by atoms with Crippen molar-refractivity contribution < 1.29 is 0 Å². The van der Waals surface area contributed by atoms with Gasteiger partial charge in [-0.3, -0.25) is 4.90 Å². The van der Waals surface area contributed by atoms with Crippen LogP contribution in [0.15, 0.2) is 29.2 Å². The molecule has 0 unspecified atom stereocenters. The van der Waals surface area contributed by atoms with Crippen LogP contribution in [0.4, 0.5) is 0 Å². The molecule has 0 aliphatic heterocycles. The van der Waals surface area contributed by atoms with Crippen LogP contribution in [0, 0.1) is 0 Å². The van der Waals surface area contributed by atoms with E-state index in [1.165, 1.54) is 5.56 Å². The summed E-state index contributed by atoms with van der Waals surface area (Å²) in [6, 6.07) is 2.19. The summed E-state index contributed by atoms with van der Waals surface area (Å²) in [7, 11) is 0. The maximum Gasteiger partial charge on any atom is 0.120 e. The third-order valence-electron chi connectivity index (χ3n) is 2.80. The number of rotatable bonds is 4. The number of aromatic nitrogens is 2. The fourth-order valence-corrected chi connectivity index (χ4v) is 2.36. The van der Waals surface area contributed by atoms with Gasteiger partial charge in [0.15, 0.2) is 0 Å². The lowest BCUT2D eigenvalue weighted by molar-refractivity contribution is 0.115. The first-order chi connectivity index (χ1) is 8.05. The van der Waals surface area contributed by atoms with E-state index in [1.54, 1.807) is 17.5 Å². The monoisotopic (exact) mass is 249 g/mol. The molecule has 0 aromatic carbocycles. The molecule has 0 bridgehead atoms. The SMILES string of the molecule is CC(C)(C)N(Cc1ccsc1)Cc1ncc[nH]1. The van der Waals surface area contributed by atoms with Crippen LogP contribution < -0.4 is 0 Å². The molecule has 92 valence electrons. The van der Waals surface area contributed by atoms with Gasteiger partial charge in [-0.25, -0.2) is 4.98 Å². The highest BCUT2D eigenvalue weighted by atomic mass is 32.1. The Morgan fingerprint density at radius 2 is 2.18 bits per heavy atom. The van der Waals surface area contributed by atoms with Crippen LogP contribution in [0.3, 0.4) is 0 Å². The van der Waals surface area contributed by atoms with E-state index in [0.717, 1.165) is 18.9 Å². The second kappa shape index (κ2) is 5.02. The topological polar surface area (TPSA) is 31.9 Å². The van der Waals surface area contributed by atoms with E-state index in [1.807, 2.05) is 6.20 Å². The Balaban J connectivity index is 2.09. The molecule has 2 aromatic rings. The molecule has 17 heavy (non-hydrogen) atoms. The molecule has 0 spiro atoms. The molecule has 0 saturated carbocycles. The van der Waals surface area contributed by atoms with E-state index in [-0.39, 0.29) is 5.54 Å². The summed E-state index contributed by atoms with van der Waals surface area (Å²) in [5.74, 6) is 1.02. The van der Waals surface area contributed by atoms with Crippen LogP contribution in [0.2, 0.25) is 0 Å². The lowest BCUT2D eigenvalue weighted by Crippen LogP contribution is -2.40. The molecule has 0 aliphatic rings. The Hall–Kier alpha value is -1.13. The molecular weight excluding hydrogens is 230 g/mol. The number of thiophene rings is 1. The van der Waals surface area contributed by atoms with Crippen molar-refractivity contribution in [1.82, 2.24) is 14.9 Å². The highest BCUT2D eigenvalue weighted by molar-refractivity contribution is 7.07. The molecule has 0 fully saturated rings. The van der Waals surface area contributed by atoms with Gasteiger partial charge in [-0.1, -0.05) is 0 Å². The van der Waals surface area contributed by atoms with Gasteiger partial charge in [0.2, 0.25) is 0 Å². The van der Waals surface area contributed by atoms with Crippen molar-refractivity contribution >= 4 is 11.3 Å². The number of hydrogen-bond acceptors (Lipinski definition) is 3. The average Bonchev–Trinajstić information content (AvgIpc) is 2.87. The summed E-state index contributed by atoms with van der Waals surface area (Å²) in [5, 5.41) is 4.34. The molecule has 3 nitrogen and oxygen atoms in total. The standard InChI is InChI=1S/C13H19N3S/c1-13(2,3)16(8-11-4-7-17-10-11)9-12-14-5-6-15-12/h4-7,10H,8-9H2,1-3H3,(H,14,15). The Bertz CT molecular complexity index is 389. The number of nitrogens with one attached hydrogen (secondary N) is 1. The van der Waals surface area contributed by atoms with Crippen molar-refractivity contribution in [3.63, 3.8) is 0 Å². The highest BCUT2D eigenvalue weighted by Crippen LogP contribution is 2.20. The molecule has 0 atom stereocenters. The fraction of sp³-hybridized carbons (Fsp3) is 0.462. The number of H-pyrrole nitrogens is 1. The maximum atomic E-state index is 4.30. The third-order valence-corrected chi connectivity index (χ3v) is 3.53. The zero-order valence-corrected chi connectivity index (χ0v) is 11.4. The first-order valence-electron chi connectivity index (χ1n) is 5.80. The maximum absolute atomic E-state index is 4.30. The summed E-state index contributed by atoms with van der Waals surface area (Å²) in [6.45, 7) is 8.53. The lowest BCUT2D eigenvalue weighted by atomic mass is 10.1. The Morgan fingerprint density at radius 1 is 1.35 bits per heavy atom. The van der Waals surface area contributed by atoms with E-state index >= 15 is 0 Å². The van der Waals surface area contributed by atoms with Crippen LogP contribution in [0.1, 0.15) is 32.2 Å². The van der Waals surface area contributed by atoms with Crippen molar-refractivity contribution in [2.75, 3.05) is 0 Å². The van der Waals surface area contributed by atoms with Crippen LogP contribution in [0.5, 0.6) is 0 Å². The number of nitrogens with zero attached hydrogens (tertiary/aromatic N) is 2. The minimum atomic E-state index is 0.134. The molecule has 2 rings (SSSR count). The van der Waals surface area contributed by atoms with Crippen LogP contribution in [-0.4, -0.2) is 20.4 Å². The molecule has 0 aliphatic carbocycles. The summed E-state index contributed by atoms with van der Waals surface area (Å²) in [4.78, 5) is 9.90. The normalized spacial score (nSPS) is 12.2. The van der Waals surface area contributed by atoms with Gasteiger partial charge in [-0.2, -0.15) is 11.3 Å². The van der Waals surface area contributed by atoms with Crippen molar-refractivity contribution in [3.8, 4) is 0 Å². The first-order valence-corrected chi connectivity index (χ1v) is 6.74. The second-order valence-electron chi connectivity index (χ2n) is 5.19. The third kappa shape index (κ3) is 3.41. The molecule has 0 saturated heterocycles. The Labute approximate surface area is 107 Å². The zero-order valence-electron chi connectivity index (χ0n) is 10.6. The van der Waals surface area contributed by atoms with E-state index < -0.39 is 0 Å². The summed E-state index contributed by atoms with van der Waals surface area (Å²) >= 11 is 1.75. The van der Waals surface area contributed by atoms with Gasteiger partial charge in [-0.15, -0.1) is 0 Å². The lowest BCUT2D eigenvalue weighted by Gasteiger charge is -2.34. The van der Waals surface area contributed by atoms with Crippen molar-refractivity contribution in [1.29, 1.82) is 0 Å².